The average molecular weight is 411 g/mol. The van der Waals surface area contributed by atoms with Crippen LogP contribution in [0.25, 0.3) is 0 Å². The summed E-state index contributed by atoms with van der Waals surface area (Å²) in [6, 6.07) is -0.775. The van der Waals surface area contributed by atoms with Crippen LogP contribution >= 0.6 is 11.3 Å². The van der Waals surface area contributed by atoms with E-state index in [1.165, 1.54) is 18.4 Å². The zero-order chi connectivity index (χ0) is 20.8. The van der Waals surface area contributed by atoms with Gasteiger partial charge in [0.05, 0.1) is 32.2 Å². The van der Waals surface area contributed by atoms with Crippen LogP contribution in [0.5, 0.6) is 0 Å². The molecular weight excluding hydrogens is 386 g/mol. The maximum Gasteiger partial charge on any atom is 0.341 e. The lowest BCUT2D eigenvalue weighted by Gasteiger charge is -2.33. The Morgan fingerprint density at radius 1 is 1.32 bits per heavy atom. The van der Waals surface area contributed by atoms with Crippen LogP contribution in [0.2, 0.25) is 0 Å². The fourth-order valence-electron chi connectivity index (χ4n) is 2.93. The summed E-state index contributed by atoms with van der Waals surface area (Å²) < 4.78 is 9.72. The van der Waals surface area contributed by atoms with E-state index >= 15 is 0 Å². The lowest BCUT2D eigenvalue weighted by molar-refractivity contribution is -0.146. The number of esters is 2. The first-order valence-electron chi connectivity index (χ1n) is 8.94. The van der Waals surface area contributed by atoms with Crippen LogP contribution in [0.15, 0.2) is 0 Å². The second-order valence-corrected chi connectivity index (χ2v) is 7.54. The minimum absolute atomic E-state index is 0.0899. The molecule has 1 aliphatic rings. The Bertz CT molecular complexity index is 776. The summed E-state index contributed by atoms with van der Waals surface area (Å²) in [6.45, 7) is 6.33. The molecule has 0 spiro atoms. The van der Waals surface area contributed by atoms with Gasteiger partial charge in [0.1, 0.15) is 11.0 Å². The first-order valence-corrected chi connectivity index (χ1v) is 9.75. The molecule has 9 nitrogen and oxygen atoms in total. The lowest BCUT2D eigenvalue weighted by Crippen LogP contribution is -2.57. The standard InChI is InChI=1S/C18H25N3O6S/c1-5-27-18(25)15-10(2)11(3)28-17(15)20-13(22)9-21-7-6-19-16(24)12(21)8-14(23)26-4/h12H,5-9H2,1-4H3,(H,19,24)(H,20,22)/t12-/m0/s1. The number of amides is 2. The summed E-state index contributed by atoms with van der Waals surface area (Å²) in [5.74, 6) is -1.71. The average Bonchev–Trinajstić information content (AvgIpc) is 2.91. The highest BCUT2D eigenvalue weighted by atomic mass is 32.1. The third kappa shape index (κ3) is 5.08. The van der Waals surface area contributed by atoms with Crippen molar-refractivity contribution in [3.63, 3.8) is 0 Å². The number of rotatable bonds is 7. The van der Waals surface area contributed by atoms with Crippen molar-refractivity contribution >= 4 is 40.1 Å². The van der Waals surface area contributed by atoms with Gasteiger partial charge in [-0.2, -0.15) is 0 Å². The molecule has 2 rings (SSSR count). The molecule has 1 aliphatic heterocycles. The van der Waals surface area contributed by atoms with Gasteiger partial charge in [0.15, 0.2) is 0 Å². The van der Waals surface area contributed by atoms with Crippen molar-refractivity contribution in [2.45, 2.75) is 33.2 Å². The number of piperazine rings is 1. The van der Waals surface area contributed by atoms with E-state index in [0.29, 0.717) is 23.7 Å². The second-order valence-electron chi connectivity index (χ2n) is 6.31. The van der Waals surface area contributed by atoms with Gasteiger partial charge < -0.3 is 20.1 Å². The first kappa shape index (κ1) is 21.8. The molecule has 28 heavy (non-hydrogen) atoms. The number of aryl methyl sites for hydroxylation is 1. The van der Waals surface area contributed by atoms with Crippen LogP contribution in [-0.4, -0.2) is 68.0 Å². The largest absolute Gasteiger partial charge is 0.469 e. The molecule has 1 atom stereocenters. The van der Waals surface area contributed by atoms with Crippen molar-refractivity contribution in [2.24, 2.45) is 0 Å². The number of thiophene rings is 1. The van der Waals surface area contributed by atoms with E-state index in [2.05, 4.69) is 15.4 Å². The van der Waals surface area contributed by atoms with Crippen LogP contribution in [0, 0.1) is 13.8 Å². The van der Waals surface area contributed by atoms with Gasteiger partial charge in [-0.3, -0.25) is 19.3 Å². The van der Waals surface area contributed by atoms with Gasteiger partial charge in [0.2, 0.25) is 11.8 Å². The number of carbonyl (C=O) groups is 4. The Morgan fingerprint density at radius 2 is 2.04 bits per heavy atom. The molecule has 1 saturated heterocycles. The van der Waals surface area contributed by atoms with Gasteiger partial charge in [-0.1, -0.05) is 0 Å². The van der Waals surface area contributed by atoms with E-state index < -0.39 is 18.0 Å². The van der Waals surface area contributed by atoms with Gasteiger partial charge in [-0.05, 0) is 26.3 Å². The number of nitrogens with one attached hydrogen (secondary N) is 2. The van der Waals surface area contributed by atoms with Crippen molar-refractivity contribution in [3.8, 4) is 0 Å². The van der Waals surface area contributed by atoms with E-state index in [-0.39, 0.29) is 31.4 Å². The highest BCUT2D eigenvalue weighted by molar-refractivity contribution is 7.16. The van der Waals surface area contributed by atoms with Gasteiger partial charge >= 0.3 is 11.9 Å². The molecule has 1 aromatic rings. The first-order chi connectivity index (χ1) is 13.3. The Labute approximate surface area is 167 Å². The molecule has 0 bridgehead atoms. The second kappa shape index (κ2) is 9.65. The van der Waals surface area contributed by atoms with Gasteiger partial charge in [-0.25, -0.2) is 4.79 Å². The van der Waals surface area contributed by atoms with Crippen molar-refractivity contribution in [2.75, 3.05) is 38.7 Å². The minimum atomic E-state index is -0.775. The highest BCUT2D eigenvalue weighted by Crippen LogP contribution is 2.33. The molecule has 0 saturated carbocycles. The van der Waals surface area contributed by atoms with Crippen molar-refractivity contribution in [1.82, 2.24) is 10.2 Å². The van der Waals surface area contributed by atoms with Gasteiger partial charge in [0, 0.05) is 18.0 Å². The Balaban J connectivity index is 2.12. The van der Waals surface area contributed by atoms with Crippen molar-refractivity contribution < 1.29 is 28.7 Å². The van der Waals surface area contributed by atoms with Crippen LogP contribution in [0.4, 0.5) is 5.00 Å². The monoisotopic (exact) mass is 411 g/mol. The molecule has 154 valence electrons. The molecule has 0 aromatic carbocycles. The highest BCUT2D eigenvalue weighted by Gasteiger charge is 2.33. The Kier molecular flexibility index (Phi) is 7.53. The van der Waals surface area contributed by atoms with Crippen molar-refractivity contribution in [3.05, 3.63) is 16.0 Å². The molecule has 2 heterocycles. The summed E-state index contributed by atoms with van der Waals surface area (Å²) in [5, 5.41) is 5.86. The third-order valence-electron chi connectivity index (χ3n) is 4.49. The zero-order valence-electron chi connectivity index (χ0n) is 16.4. The molecule has 0 aliphatic carbocycles. The molecule has 0 unspecified atom stereocenters. The van der Waals surface area contributed by atoms with E-state index in [1.54, 1.807) is 18.7 Å². The SMILES string of the molecule is CCOC(=O)c1c(NC(=O)CN2CCNC(=O)[C@@H]2CC(=O)OC)sc(C)c1C. The van der Waals surface area contributed by atoms with Gasteiger partial charge in [-0.15, -0.1) is 11.3 Å². The molecule has 1 fully saturated rings. The van der Waals surface area contributed by atoms with E-state index in [1.807, 2.05) is 6.92 Å². The fourth-order valence-corrected chi connectivity index (χ4v) is 3.99. The quantitative estimate of drug-likeness (QED) is 0.639. The maximum atomic E-state index is 12.6. The smallest absolute Gasteiger partial charge is 0.341 e. The Morgan fingerprint density at radius 3 is 2.68 bits per heavy atom. The van der Waals surface area contributed by atoms with Crippen LogP contribution < -0.4 is 10.6 Å². The summed E-state index contributed by atoms with van der Waals surface area (Å²) in [7, 11) is 1.25. The zero-order valence-corrected chi connectivity index (χ0v) is 17.2. The number of hydrogen-bond donors (Lipinski definition) is 2. The predicted molar refractivity (Wildman–Crippen MR) is 103 cm³/mol. The van der Waals surface area contributed by atoms with Crippen LogP contribution in [-0.2, 0) is 23.9 Å². The summed E-state index contributed by atoms with van der Waals surface area (Å²) in [6.07, 6.45) is -0.138. The molecule has 2 N–H and O–H groups in total. The van der Waals surface area contributed by atoms with Crippen LogP contribution in [0.1, 0.15) is 34.1 Å². The topological polar surface area (TPSA) is 114 Å². The lowest BCUT2D eigenvalue weighted by atomic mass is 10.1. The molecule has 2 amide bonds. The number of nitrogens with zero attached hydrogens (tertiary/aromatic N) is 1. The number of carbonyl (C=O) groups excluding carboxylic acids is 4. The minimum Gasteiger partial charge on any atom is -0.469 e. The molecule has 10 heteroatoms. The fraction of sp³-hybridized carbons (Fsp3) is 0.556. The van der Waals surface area contributed by atoms with Crippen LogP contribution in [0.3, 0.4) is 0 Å². The summed E-state index contributed by atoms with van der Waals surface area (Å²) in [5.41, 5.74) is 1.11. The maximum absolute atomic E-state index is 12.6. The number of methoxy groups -OCH3 is 1. The van der Waals surface area contributed by atoms with Crippen molar-refractivity contribution in [1.29, 1.82) is 0 Å². The summed E-state index contributed by atoms with van der Waals surface area (Å²) in [4.78, 5) is 51.1. The molecule has 0 radical (unpaired) electrons. The summed E-state index contributed by atoms with van der Waals surface area (Å²) >= 11 is 1.30. The number of ether oxygens (including phenoxy) is 2. The van der Waals surface area contributed by atoms with Gasteiger partial charge in [0.25, 0.3) is 0 Å². The van der Waals surface area contributed by atoms with E-state index in [9.17, 15) is 19.2 Å². The Hall–Kier alpha value is -2.46. The number of anilines is 1. The molecular formula is C18H25N3O6S. The van der Waals surface area contributed by atoms with E-state index in [0.717, 1.165) is 10.4 Å². The normalized spacial score (nSPS) is 17.0. The molecule has 1 aromatic heterocycles. The van der Waals surface area contributed by atoms with E-state index in [4.69, 9.17) is 4.74 Å². The third-order valence-corrected chi connectivity index (χ3v) is 5.62. The predicted octanol–water partition coefficient (Wildman–Crippen LogP) is 0.844. The number of hydrogen-bond acceptors (Lipinski definition) is 8.